The van der Waals surface area contributed by atoms with E-state index < -0.39 is 0 Å². The number of anilines is 1. The maximum Gasteiger partial charge on any atom is 0.228 e. The van der Waals surface area contributed by atoms with E-state index in [0.717, 1.165) is 11.3 Å². The van der Waals surface area contributed by atoms with Crippen LogP contribution in [0.2, 0.25) is 0 Å². The zero-order valence-electron chi connectivity index (χ0n) is 14.0. The van der Waals surface area contributed by atoms with E-state index in [0.29, 0.717) is 24.1 Å². The maximum atomic E-state index is 13.0. The van der Waals surface area contributed by atoms with Crippen molar-refractivity contribution in [2.75, 3.05) is 19.1 Å². The molecule has 1 heterocycles. The predicted molar refractivity (Wildman–Crippen MR) is 93.6 cm³/mol. The molecule has 0 spiro atoms. The second kappa shape index (κ2) is 7.61. The fraction of sp³-hybridized carbons (Fsp3) is 0.158. The van der Waals surface area contributed by atoms with Crippen molar-refractivity contribution >= 4 is 5.95 Å². The molecule has 0 amide bonds. The molecule has 3 rings (SSSR count). The lowest BCUT2D eigenvalue weighted by atomic mass is 10.2. The quantitative estimate of drug-likeness (QED) is 0.678. The Morgan fingerprint density at radius 1 is 1.04 bits per heavy atom. The summed E-state index contributed by atoms with van der Waals surface area (Å²) in [5, 5.41) is 0. The molecule has 0 unspecified atom stereocenters. The van der Waals surface area contributed by atoms with Crippen molar-refractivity contribution in [1.82, 2.24) is 9.97 Å². The summed E-state index contributed by atoms with van der Waals surface area (Å²) < 4.78 is 23.8. The molecule has 128 valence electrons. The number of aromatic nitrogens is 2. The van der Waals surface area contributed by atoms with Crippen molar-refractivity contribution in [2.24, 2.45) is 0 Å². The number of hydrogen-bond acceptors (Lipinski definition) is 5. The Balaban J connectivity index is 1.72. The van der Waals surface area contributed by atoms with Crippen LogP contribution in [0, 0.1) is 5.82 Å². The van der Waals surface area contributed by atoms with Crippen molar-refractivity contribution in [1.29, 1.82) is 0 Å². The Bertz CT molecular complexity index is 840. The van der Waals surface area contributed by atoms with E-state index in [4.69, 9.17) is 9.47 Å². The first-order valence-electron chi connectivity index (χ1n) is 7.74. The first-order valence-corrected chi connectivity index (χ1v) is 7.74. The van der Waals surface area contributed by atoms with Gasteiger partial charge in [-0.05, 0) is 42.0 Å². The third-order valence-electron chi connectivity index (χ3n) is 3.55. The van der Waals surface area contributed by atoms with Gasteiger partial charge in [-0.2, -0.15) is 4.98 Å². The Labute approximate surface area is 145 Å². The smallest absolute Gasteiger partial charge is 0.228 e. The number of hydrogen-bond donors (Lipinski definition) is 0. The van der Waals surface area contributed by atoms with E-state index in [-0.39, 0.29) is 5.82 Å². The normalized spacial score (nSPS) is 10.4. The van der Waals surface area contributed by atoms with Gasteiger partial charge in [-0.3, -0.25) is 0 Å². The molecule has 3 aromatic rings. The predicted octanol–water partition coefficient (Wildman–Crippen LogP) is 4.05. The summed E-state index contributed by atoms with van der Waals surface area (Å²) in [4.78, 5) is 10.6. The molecule has 0 radical (unpaired) electrons. The van der Waals surface area contributed by atoms with Crippen LogP contribution in [0.5, 0.6) is 17.4 Å². The van der Waals surface area contributed by atoms with Gasteiger partial charge in [0.1, 0.15) is 17.3 Å². The van der Waals surface area contributed by atoms with Crippen molar-refractivity contribution in [3.63, 3.8) is 0 Å². The summed E-state index contributed by atoms with van der Waals surface area (Å²) in [6.07, 6.45) is 1.63. The second-order valence-corrected chi connectivity index (χ2v) is 5.46. The van der Waals surface area contributed by atoms with Gasteiger partial charge in [0, 0.05) is 25.9 Å². The first kappa shape index (κ1) is 16.7. The molecular weight excluding hydrogens is 321 g/mol. The summed E-state index contributed by atoms with van der Waals surface area (Å²) in [5.41, 5.74) is 1.08. The number of benzene rings is 2. The minimum atomic E-state index is -0.311. The lowest BCUT2D eigenvalue weighted by Crippen LogP contribution is -2.19. The summed E-state index contributed by atoms with van der Waals surface area (Å²) in [5.74, 6) is 1.94. The number of rotatable bonds is 6. The van der Waals surface area contributed by atoms with Crippen LogP contribution in [0.15, 0.2) is 60.8 Å². The van der Waals surface area contributed by atoms with Crippen molar-refractivity contribution in [3.05, 3.63) is 72.2 Å². The standard InChI is InChI=1S/C19H18FN3O2/c1-23(13-14-4-3-5-17(12-14)24-2)19-21-11-10-18(22-19)25-16-8-6-15(20)7-9-16/h3-12H,13H2,1-2H3. The number of ether oxygens (including phenoxy) is 2. The molecular formula is C19H18FN3O2. The Morgan fingerprint density at radius 3 is 2.60 bits per heavy atom. The van der Waals surface area contributed by atoms with E-state index in [2.05, 4.69) is 9.97 Å². The Hall–Kier alpha value is -3.15. The zero-order chi connectivity index (χ0) is 17.6. The molecule has 0 atom stereocenters. The van der Waals surface area contributed by atoms with E-state index in [9.17, 15) is 4.39 Å². The fourth-order valence-electron chi connectivity index (χ4n) is 2.31. The van der Waals surface area contributed by atoms with E-state index in [1.165, 1.54) is 12.1 Å². The average molecular weight is 339 g/mol. The monoisotopic (exact) mass is 339 g/mol. The van der Waals surface area contributed by atoms with Gasteiger partial charge in [0.05, 0.1) is 7.11 Å². The largest absolute Gasteiger partial charge is 0.497 e. The van der Waals surface area contributed by atoms with Crippen molar-refractivity contribution in [2.45, 2.75) is 6.54 Å². The number of methoxy groups -OCH3 is 1. The molecule has 1 aromatic heterocycles. The van der Waals surface area contributed by atoms with E-state index in [1.807, 2.05) is 36.2 Å². The highest BCUT2D eigenvalue weighted by Crippen LogP contribution is 2.22. The molecule has 25 heavy (non-hydrogen) atoms. The minimum Gasteiger partial charge on any atom is -0.497 e. The van der Waals surface area contributed by atoms with Crippen molar-refractivity contribution < 1.29 is 13.9 Å². The van der Waals surface area contributed by atoms with Gasteiger partial charge >= 0.3 is 0 Å². The van der Waals surface area contributed by atoms with Gasteiger partial charge in [0.15, 0.2) is 0 Å². The van der Waals surface area contributed by atoms with Gasteiger partial charge in [-0.15, -0.1) is 0 Å². The molecule has 2 aromatic carbocycles. The summed E-state index contributed by atoms with van der Waals surface area (Å²) in [6.45, 7) is 0.622. The minimum absolute atomic E-state index is 0.311. The SMILES string of the molecule is COc1cccc(CN(C)c2nccc(Oc3ccc(F)cc3)n2)c1. The molecule has 6 heteroatoms. The second-order valence-electron chi connectivity index (χ2n) is 5.46. The molecule has 0 fully saturated rings. The lowest BCUT2D eigenvalue weighted by molar-refractivity contribution is 0.414. The maximum absolute atomic E-state index is 13.0. The van der Waals surface area contributed by atoms with Crippen LogP contribution in [-0.4, -0.2) is 24.1 Å². The summed E-state index contributed by atoms with van der Waals surface area (Å²) >= 11 is 0. The highest BCUT2D eigenvalue weighted by molar-refractivity contribution is 5.36. The van der Waals surface area contributed by atoms with Crippen LogP contribution in [0.25, 0.3) is 0 Å². The average Bonchev–Trinajstić information content (AvgIpc) is 2.64. The van der Waals surface area contributed by atoms with Gasteiger partial charge in [-0.1, -0.05) is 12.1 Å². The first-order chi connectivity index (χ1) is 12.1. The Morgan fingerprint density at radius 2 is 1.84 bits per heavy atom. The third-order valence-corrected chi connectivity index (χ3v) is 3.55. The van der Waals surface area contributed by atoms with Crippen LogP contribution in [0.1, 0.15) is 5.56 Å². The number of halogens is 1. The van der Waals surface area contributed by atoms with Gasteiger partial charge < -0.3 is 14.4 Å². The van der Waals surface area contributed by atoms with Crippen LogP contribution in [0.4, 0.5) is 10.3 Å². The van der Waals surface area contributed by atoms with Gasteiger partial charge in [0.2, 0.25) is 11.8 Å². The summed E-state index contributed by atoms with van der Waals surface area (Å²) in [7, 11) is 3.54. The number of nitrogens with zero attached hydrogens (tertiary/aromatic N) is 3. The lowest BCUT2D eigenvalue weighted by Gasteiger charge is -2.18. The van der Waals surface area contributed by atoms with Crippen LogP contribution >= 0.6 is 0 Å². The highest BCUT2D eigenvalue weighted by Gasteiger charge is 2.08. The zero-order valence-corrected chi connectivity index (χ0v) is 14.0. The molecule has 0 aliphatic heterocycles. The molecule has 5 nitrogen and oxygen atoms in total. The van der Waals surface area contributed by atoms with E-state index in [1.54, 1.807) is 31.5 Å². The van der Waals surface area contributed by atoms with E-state index >= 15 is 0 Å². The summed E-state index contributed by atoms with van der Waals surface area (Å²) in [6, 6.07) is 15.3. The molecule has 0 bridgehead atoms. The van der Waals surface area contributed by atoms with Crippen molar-refractivity contribution in [3.8, 4) is 17.4 Å². The molecule has 0 saturated heterocycles. The highest BCUT2D eigenvalue weighted by atomic mass is 19.1. The fourth-order valence-corrected chi connectivity index (χ4v) is 2.31. The van der Waals surface area contributed by atoms with Crippen LogP contribution < -0.4 is 14.4 Å². The van der Waals surface area contributed by atoms with Crippen LogP contribution in [-0.2, 0) is 6.54 Å². The molecule has 0 N–H and O–H groups in total. The molecule has 0 aliphatic rings. The topological polar surface area (TPSA) is 47.5 Å². The molecule has 0 saturated carbocycles. The van der Waals surface area contributed by atoms with Crippen LogP contribution in [0.3, 0.4) is 0 Å². The Kier molecular flexibility index (Phi) is 5.09. The van der Waals surface area contributed by atoms with Gasteiger partial charge in [-0.25, -0.2) is 9.37 Å². The van der Waals surface area contributed by atoms with Gasteiger partial charge in [0.25, 0.3) is 0 Å². The third kappa shape index (κ3) is 4.44. The molecule has 0 aliphatic carbocycles.